The Morgan fingerprint density at radius 2 is 2.00 bits per heavy atom. The van der Waals surface area contributed by atoms with Gasteiger partial charge in [-0.05, 0) is 54.8 Å². The van der Waals surface area contributed by atoms with E-state index in [1.807, 2.05) is 49.4 Å². The molecule has 0 radical (unpaired) electrons. The van der Waals surface area contributed by atoms with Crippen molar-refractivity contribution in [2.45, 2.75) is 26.6 Å². The van der Waals surface area contributed by atoms with Gasteiger partial charge in [-0.3, -0.25) is 0 Å². The maximum atomic E-state index is 9.52. The second kappa shape index (κ2) is 6.09. The van der Waals surface area contributed by atoms with Crippen LogP contribution in [-0.2, 0) is 6.61 Å². The van der Waals surface area contributed by atoms with Gasteiger partial charge in [0.25, 0.3) is 0 Å². The fourth-order valence-electron chi connectivity index (χ4n) is 1.88. The van der Waals surface area contributed by atoms with E-state index in [4.69, 9.17) is 16.3 Å². The standard InChI is InChI=1S/C16H17ClO2/c1-11-8-14(12(2)18)6-7-16(11)19-10-13-4-3-5-15(17)9-13/h3-9,12,18H,10H2,1-2H3. The maximum Gasteiger partial charge on any atom is 0.122 e. The third kappa shape index (κ3) is 3.72. The zero-order chi connectivity index (χ0) is 13.8. The Hall–Kier alpha value is -1.51. The Kier molecular flexibility index (Phi) is 4.46. The number of benzene rings is 2. The summed E-state index contributed by atoms with van der Waals surface area (Å²) in [6, 6.07) is 13.3. The van der Waals surface area contributed by atoms with Crippen LogP contribution in [0.5, 0.6) is 5.75 Å². The van der Waals surface area contributed by atoms with Crippen molar-refractivity contribution < 1.29 is 9.84 Å². The van der Waals surface area contributed by atoms with E-state index >= 15 is 0 Å². The Morgan fingerprint density at radius 3 is 2.63 bits per heavy atom. The monoisotopic (exact) mass is 276 g/mol. The summed E-state index contributed by atoms with van der Waals surface area (Å²) in [5.74, 6) is 0.823. The molecule has 0 aromatic heterocycles. The maximum absolute atomic E-state index is 9.52. The third-order valence-electron chi connectivity index (χ3n) is 2.96. The van der Waals surface area contributed by atoms with E-state index in [2.05, 4.69) is 0 Å². The van der Waals surface area contributed by atoms with E-state index in [0.29, 0.717) is 11.6 Å². The van der Waals surface area contributed by atoms with Gasteiger partial charge in [0, 0.05) is 5.02 Å². The van der Waals surface area contributed by atoms with Gasteiger partial charge in [-0.25, -0.2) is 0 Å². The molecule has 2 aromatic rings. The van der Waals surface area contributed by atoms with E-state index in [1.54, 1.807) is 6.92 Å². The molecule has 0 saturated heterocycles. The number of hydrogen-bond donors (Lipinski definition) is 1. The molecule has 0 bridgehead atoms. The van der Waals surface area contributed by atoms with E-state index in [-0.39, 0.29) is 0 Å². The topological polar surface area (TPSA) is 29.5 Å². The molecular weight excluding hydrogens is 260 g/mol. The number of aryl methyl sites for hydroxylation is 1. The minimum Gasteiger partial charge on any atom is -0.489 e. The fraction of sp³-hybridized carbons (Fsp3) is 0.250. The number of hydrogen-bond acceptors (Lipinski definition) is 2. The molecule has 19 heavy (non-hydrogen) atoms. The Balaban J connectivity index is 2.07. The predicted octanol–water partition coefficient (Wildman–Crippen LogP) is 4.28. The van der Waals surface area contributed by atoms with E-state index in [1.165, 1.54) is 0 Å². The second-order valence-corrected chi connectivity index (χ2v) is 5.06. The van der Waals surface area contributed by atoms with Gasteiger partial charge in [0.2, 0.25) is 0 Å². The van der Waals surface area contributed by atoms with Gasteiger partial charge in [-0.15, -0.1) is 0 Å². The van der Waals surface area contributed by atoms with Crippen LogP contribution in [-0.4, -0.2) is 5.11 Å². The number of ether oxygens (including phenoxy) is 1. The Bertz CT molecular complexity index is 564. The van der Waals surface area contributed by atoms with Crippen molar-refractivity contribution in [1.82, 2.24) is 0 Å². The van der Waals surface area contributed by atoms with Gasteiger partial charge in [-0.2, -0.15) is 0 Å². The van der Waals surface area contributed by atoms with Crippen molar-refractivity contribution in [3.8, 4) is 5.75 Å². The number of halogens is 1. The van der Waals surface area contributed by atoms with Gasteiger partial charge >= 0.3 is 0 Å². The van der Waals surface area contributed by atoms with E-state index in [9.17, 15) is 5.11 Å². The molecule has 0 aliphatic carbocycles. The molecule has 3 heteroatoms. The molecule has 2 nitrogen and oxygen atoms in total. The largest absolute Gasteiger partial charge is 0.489 e. The first-order valence-electron chi connectivity index (χ1n) is 6.22. The van der Waals surface area contributed by atoms with Gasteiger partial charge in [-0.1, -0.05) is 29.8 Å². The smallest absolute Gasteiger partial charge is 0.122 e. The highest BCUT2D eigenvalue weighted by molar-refractivity contribution is 6.30. The SMILES string of the molecule is Cc1cc(C(C)O)ccc1OCc1cccc(Cl)c1. The molecule has 2 aromatic carbocycles. The first kappa shape index (κ1) is 13.9. The van der Waals surface area contributed by atoms with Crippen LogP contribution in [0, 0.1) is 6.92 Å². The highest BCUT2D eigenvalue weighted by Gasteiger charge is 2.05. The lowest BCUT2D eigenvalue weighted by molar-refractivity contribution is 0.199. The lowest BCUT2D eigenvalue weighted by Crippen LogP contribution is -1.98. The van der Waals surface area contributed by atoms with Crippen molar-refractivity contribution in [3.05, 3.63) is 64.2 Å². The van der Waals surface area contributed by atoms with Crippen LogP contribution in [0.3, 0.4) is 0 Å². The van der Waals surface area contributed by atoms with Crippen molar-refractivity contribution in [2.75, 3.05) is 0 Å². The van der Waals surface area contributed by atoms with Crippen molar-refractivity contribution >= 4 is 11.6 Å². The lowest BCUT2D eigenvalue weighted by atomic mass is 10.1. The average molecular weight is 277 g/mol. The molecule has 2 rings (SSSR count). The van der Waals surface area contributed by atoms with Crippen LogP contribution in [0.2, 0.25) is 5.02 Å². The molecule has 0 aliphatic rings. The van der Waals surface area contributed by atoms with E-state index in [0.717, 1.165) is 22.4 Å². The molecular formula is C16H17ClO2. The van der Waals surface area contributed by atoms with Crippen LogP contribution in [0.4, 0.5) is 0 Å². The quantitative estimate of drug-likeness (QED) is 0.903. The number of aliphatic hydroxyl groups excluding tert-OH is 1. The molecule has 100 valence electrons. The van der Waals surface area contributed by atoms with Crippen LogP contribution in [0.1, 0.15) is 29.7 Å². The predicted molar refractivity (Wildman–Crippen MR) is 77.6 cm³/mol. The van der Waals surface area contributed by atoms with E-state index < -0.39 is 6.10 Å². The van der Waals surface area contributed by atoms with Gasteiger partial charge in [0.1, 0.15) is 12.4 Å². The molecule has 0 fully saturated rings. The highest BCUT2D eigenvalue weighted by Crippen LogP contribution is 2.23. The molecule has 1 unspecified atom stereocenters. The van der Waals surface area contributed by atoms with Crippen LogP contribution >= 0.6 is 11.6 Å². The molecule has 0 aliphatic heterocycles. The van der Waals surface area contributed by atoms with Gasteiger partial charge in [0.15, 0.2) is 0 Å². The van der Waals surface area contributed by atoms with Crippen LogP contribution in [0.15, 0.2) is 42.5 Å². The highest BCUT2D eigenvalue weighted by atomic mass is 35.5. The first-order chi connectivity index (χ1) is 9.06. The minimum absolute atomic E-state index is 0.458. The molecule has 0 heterocycles. The summed E-state index contributed by atoms with van der Waals surface area (Å²) in [5, 5.41) is 10.2. The molecule has 1 atom stereocenters. The summed E-state index contributed by atoms with van der Waals surface area (Å²) in [6.45, 7) is 4.20. The summed E-state index contributed by atoms with van der Waals surface area (Å²) in [5.41, 5.74) is 2.94. The second-order valence-electron chi connectivity index (χ2n) is 4.62. The molecule has 0 saturated carbocycles. The normalized spacial score (nSPS) is 12.2. The summed E-state index contributed by atoms with van der Waals surface area (Å²) >= 11 is 5.93. The van der Waals surface area contributed by atoms with Crippen molar-refractivity contribution in [2.24, 2.45) is 0 Å². The summed E-state index contributed by atoms with van der Waals surface area (Å²) < 4.78 is 5.77. The zero-order valence-electron chi connectivity index (χ0n) is 11.1. The summed E-state index contributed by atoms with van der Waals surface area (Å²) in [6.07, 6.45) is -0.458. The van der Waals surface area contributed by atoms with Crippen LogP contribution < -0.4 is 4.74 Å². The minimum atomic E-state index is -0.458. The number of aliphatic hydroxyl groups is 1. The average Bonchev–Trinajstić information content (AvgIpc) is 2.37. The Morgan fingerprint density at radius 1 is 1.21 bits per heavy atom. The van der Waals surface area contributed by atoms with Gasteiger partial charge in [0.05, 0.1) is 6.10 Å². The third-order valence-corrected chi connectivity index (χ3v) is 3.20. The molecule has 0 spiro atoms. The van der Waals surface area contributed by atoms with Crippen molar-refractivity contribution in [3.63, 3.8) is 0 Å². The van der Waals surface area contributed by atoms with Crippen LogP contribution in [0.25, 0.3) is 0 Å². The number of rotatable bonds is 4. The fourth-order valence-corrected chi connectivity index (χ4v) is 2.10. The lowest BCUT2D eigenvalue weighted by Gasteiger charge is -2.12. The van der Waals surface area contributed by atoms with Crippen molar-refractivity contribution in [1.29, 1.82) is 0 Å². The molecule has 1 N–H and O–H groups in total. The molecule has 0 amide bonds. The summed E-state index contributed by atoms with van der Waals surface area (Å²) in [7, 11) is 0. The first-order valence-corrected chi connectivity index (χ1v) is 6.60. The summed E-state index contributed by atoms with van der Waals surface area (Å²) in [4.78, 5) is 0. The van der Waals surface area contributed by atoms with Gasteiger partial charge < -0.3 is 9.84 Å². The Labute approximate surface area is 118 Å². The zero-order valence-corrected chi connectivity index (χ0v) is 11.8.